The molecule has 5 aromatic rings. The van der Waals surface area contributed by atoms with Gasteiger partial charge >= 0.3 is 0 Å². The lowest BCUT2D eigenvalue weighted by molar-refractivity contribution is 0.0951. The highest BCUT2D eigenvalue weighted by molar-refractivity contribution is 5.94. The van der Waals surface area contributed by atoms with Crippen LogP contribution < -0.4 is 10.6 Å². The average molecular weight is 435 g/mol. The second-order valence-electron chi connectivity index (χ2n) is 7.54. The van der Waals surface area contributed by atoms with Crippen molar-refractivity contribution in [3.63, 3.8) is 0 Å². The standard InChI is InChI=1S/C25H21N7O/c1-17-14-22(32-25(28-17)30-23(31-32)20-8-5-13-26-16-20)29-21-11-9-19(10-12-21)24(33)27-15-18-6-3-2-4-7-18/h2-14,16,29H,15H2,1H3,(H,27,33). The zero-order chi connectivity index (χ0) is 22.6. The molecule has 8 heteroatoms. The van der Waals surface area contributed by atoms with E-state index in [-0.39, 0.29) is 5.91 Å². The fourth-order valence-corrected chi connectivity index (χ4v) is 3.43. The predicted octanol–water partition coefficient (Wildman–Crippen LogP) is 4.17. The van der Waals surface area contributed by atoms with E-state index in [0.717, 1.165) is 28.3 Å². The number of fused-ring (bicyclic) bond motifs is 1. The van der Waals surface area contributed by atoms with Crippen molar-refractivity contribution in [3.05, 3.63) is 102 Å². The van der Waals surface area contributed by atoms with E-state index in [4.69, 9.17) is 0 Å². The summed E-state index contributed by atoms with van der Waals surface area (Å²) in [5.41, 5.74) is 4.09. The highest BCUT2D eigenvalue weighted by Crippen LogP contribution is 2.21. The molecule has 3 heterocycles. The minimum Gasteiger partial charge on any atom is -0.348 e. The minimum absolute atomic E-state index is 0.120. The number of carbonyl (C=O) groups is 1. The topological polar surface area (TPSA) is 97.1 Å². The second-order valence-corrected chi connectivity index (χ2v) is 7.54. The van der Waals surface area contributed by atoms with E-state index < -0.39 is 0 Å². The number of aromatic nitrogens is 5. The van der Waals surface area contributed by atoms with Gasteiger partial charge in [0.05, 0.1) is 0 Å². The molecular weight excluding hydrogens is 414 g/mol. The number of nitrogens with one attached hydrogen (secondary N) is 2. The molecule has 3 aromatic heterocycles. The van der Waals surface area contributed by atoms with Crippen LogP contribution in [0, 0.1) is 6.92 Å². The lowest BCUT2D eigenvalue weighted by Crippen LogP contribution is -2.22. The first-order valence-electron chi connectivity index (χ1n) is 10.5. The molecule has 1 amide bonds. The Balaban J connectivity index is 1.34. The molecule has 0 aliphatic carbocycles. The largest absolute Gasteiger partial charge is 0.348 e. The molecule has 0 bridgehead atoms. The number of hydrogen-bond donors (Lipinski definition) is 2. The van der Waals surface area contributed by atoms with Crippen LogP contribution in [0.1, 0.15) is 21.6 Å². The van der Waals surface area contributed by atoms with E-state index in [9.17, 15) is 4.79 Å². The number of aryl methyl sites for hydroxylation is 1. The maximum absolute atomic E-state index is 12.5. The van der Waals surface area contributed by atoms with E-state index in [1.165, 1.54) is 0 Å². The zero-order valence-corrected chi connectivity index (χ0v) is 17.9. The van der Waals surface area contributed by atoms with Crippen molar-refractivity contribution >= 4 is 23.2 Å². The number of amides is 1. The fourth-order valence-electron chi connectivity index (χ4n) is 3.43. The predicted molar refractivity (Wildman–Crippen MR) is 126 cm³/mol. The fraction of sp³-hybridized carbons (Fsp3) is 0.0800. The first-order chi connectivity index (χ1) is 16.2. The van der Waals surface area contributed by atoms with Crippen molar-refractivity contribution in [1.29, 1.82) is 0 Å². The molecular formula is C25H21N7O. The summed E-state index contributed by atoms with van der Waals surface area (Å²) in [4.78, 5) is 25.6. The highest BCUT2D eigenvalue weighted by Gasteiger charge is 2.12. The van der Waals surface area contributed by atoms with Crippen molar-refractivity contribution in [2.75, 3.05) is 5.32 Å². The number of nitrogens with zero attached hydrogens (tertiary/aromatic N) is 5. The van der Waals surface area contributed by atoms with Gasteiger partial charge in [0.1, 0.15) is 5.82 Å². The molecule has 0 radical (unpaired) electrons. The highest BCUT2D eigenvalue weighted by atomic mass is 16.1. The van der Waals surface area contributed by atoms with Gasteiger partial charge in [-0.2, -0.15) is 9.50 Å². The molecule has 2 aromatic carbocycles. The van der Waals surface area contributed by atoms with Gasteiger partial charge in [-0.3, -0.25) is 9.78 Å². The molecule has 0 fully saturated rings. The van der Waals surface area contributed by atoms with E-state index in [2.05, 4.69) is 30.7 Å². The van der Waals surface area contributed by atoms with E-state index in [1.807, 2.05) is 67.6 Å². The molecule has 162 valence electrons. The summed E-state index contributed by atoms with van der Waals surface area (Å²) >= 11 is 0. The molecule has 8 nitrogen and oxygen atoms in total. The van der Waals surface area contributed by atoms with Crippen LogP contribution in [0.4, 0.5) is 11.5 Å². The summed E-state index contributed by atoms with van der Waals surface area (Å²) in [6.07, 6.45) is 3.43. The van der Waals surface area contributed by atoms with Crippen molar-refractivity contribution in [2.45, 2.75) is 13.5 Å². The Hall–Kier alpha value is -4.59. The van der Waals surface area contributed by atoms with E-state index in [0.29, 0.717) is 23.7 Å². The third kappa shape index (κ3) is 4.54. The van der Waals surface area contributed by atoms with Gasteiger partial charge in [0, 0.05) is 47.5 Å². The van der Waals surface area contributed by atoms with Crippen molar-refractivity contribution < 1.29 is 4.79 Å². The zero-order valence-electron chi connectivity index (χ0n) is 17.9. The van der Waals surface area contributed by atoms with Gasteiger partial charge in [-0.1, -0.05) is 30.3 Å². The number of hydrogen-bond acceptors (Lipinski definition) is 6. The third-order valence-electron chi connectivity index (χ3n) is 5.08. The first-order valence-corrected chi connectivity index (χ1v) is 10.5. The summed E-state index contributed by atoms with van der Waals surface area (Å²) in [6, 6.07) is 22.8. The SMILES string of the molecule is Cc1cc(Nc2ccc(C(=O)NCc3ccccc3)cc2)n2nc(-c3cccnc3)nc2n1. The molecule has 33 heavy (non-hydrogen) atoms. The Kier molecular flexibility index (Phi) is 5.47. The summed E-state index contributed by atoms with van der Waals surface area (Å²) < 4.78 is 1.66. The van der Waals surface area contributed by atoms with Crippen LogP contribution in [0.25, 0.3) is 17.2 Å². The summed E-state index contributed by atoms with van der Waals surface area (Å²) in [7, 11) is 0. The van der Waals surface area contributed by atoms with Crippen LogP contribution in [0.3, 0.4) is 0 Å². The third-order valence-corrected chi connectivity index (χ3v) is 5.08. The molecule has 2 N–H and O–H groups in total. The summed E-state index contributed by atoms with van der Waals surface area (Å²) in [6.45, 7) is 2.39. The maximum atomic E-state index is 12.5. The van der Waals surface area contributed by atoms with Gasteiger partial charge in [0.2, 0.25) is 0 Å². The number of benzene rings is 2. The van der Waals surface area contributed by atoms with Crippen LogP contribution in [0.5, 0.6) is 0 Å². The number of anilines is 2. The number of pyridine rings is 1. The van der Waals surface area contributed by atoms with Gasteiger partial charge < -0.3 is 10.6 Å². The maximum Gasteiger partial charge on any atom is 0.254 e. The molecule has 0 atom stereocenters. The molecule has 0 aliphatic rings. The van der Waals surface area contributed by atoms with Crippen LogP contribution in [-0.2, 0) is 6.54 Å². The average Bonchev–Trinajstić information content (AvgIpc) is 3.28. The lowest BCUT2D eigenvalue weighted by atomic mass is 10.1. The Morgan fingerprint density at radius 3 is 2.55 bits per heavy atom. The van der Waals surface area contributed by atoms with Crippen molar-refractivity contribution in [3.8, 4) is 11.4 Å². The number of carbonyl (C=O) groups excluding carboxylic acids is 1. The molecule has 0 saturated heterocycles. The molecule has 0 unspecified atom stereocenters. The lowest BCUT2D eigenvalue weighted by Gasteiger charge is -2.10. The molecule has 0 aliphatic heterocycles. The molecule has 0 saturated carbocycles. The van der Waals surface area contributed by atoms with Crippen molar-refractivity contribution in [2.24, 2.45) is 0 Å². The Bertz CT molecular complexity index is 1400. The van der Waals surface area contributed by atoms with Gasteiger partial charge in [-0.15, -0.1) is 5.10 Å². The molecule has 5 rings (SSSR count). The summed E-state index contributed by atoms with van der Waals surface area (Å²) in [5.74, 6) is 1.65. The van der Waals surface area contributed by atoms with Crippen molar-refractivity contribution in [1.82, 2.24) is 29.9 Å². The van der Waals surface area contributed by atoms with Gasteiger partial charge in [-0.05, 0) is 48.9 Å². The molecule has 0 spiro atoms. The Morgan fingerprint density at radius 2 is 1.79 bits per heavy atom. The van der Waals surface area contributed by atoms with Crippen LogP contribution in [0.15, 0.2) is 85.2 Å². The van der Waals surface area contributed by atoms with Crippen LogP contribution in [-0.4, -0.2) is 30.5 Å². The van der Waals surface area contributed by atoms with Crippen LogP contribution >= 0.6 is 0 Å². The number of rotatable bonds is 6. The van der Waals surface area contributed by atoms with E-state index >= 15 is 0 Å². The smallest absolute Gasteiger partial charge is 0.254 e. The van der Waals surface area contributed by atoms with E-state index in [1.54, 1.807) is 29.0 Å². The Morgan fingerprint density at radius 1 is 0.970 bits per heavy atom. The van der Waals surface area contributed by atoms with Gasteiger partial charge in [-0.25, -0.2) is 4.98 Å². The first kappa shape index (κ1) is 20.3. The minimum atomic E-state index is -0.120. The quantitative estimate of drug-likeness (QED) is 0.416. The second kappa shape index (κ2) is 8.88. The normalized spacial score (nSPS) is 10.8. The monoisotopic (exact) mass is 435 g/mol. The van der Waals surface area contributed by atoms with Gasteiger partial charge in [0.25, 0.3) is 11.7 Å². The Labute approximate surface area is 190 Å². The summed E-state index contributed by atoms with van der Waals surface area (Å²) in [5, 5.41) is 10.9. The van der Waals surface area contributed by atoms with Gasteiger partial charge in [0.15, 0.2) is 5.82 Å². The van der Waals surface area contributed by atoms with Crippen LogP contribution in [0.2, 0.25) is 0 Å².